The van der Waals surface area contributed by atoms with Crippen molar-refractivity contribution in [1.29, 1.82) is 0 Å². The van der Waals surface area contributed by atoms with Crippen LogP contribution in [0.4, 0.5) is 0 Å². The van der Waals surface area contributed by atoms with Crippen molar-refractivity contribution in [3.63, 3.8) is 0 Å². The number of unbranched alkanes of at least 4 members (excludes halogenated alkanes) is 14. The summed E-state index contributed by atoms with van der Waals surface area (Å²) in [6, 6.07) is 0. The summed E-state index contributed by atoms with van der Waals surface area (Å²) in [4.78, 5) is 0. The zero-order valence-corrected chi connectivity index (χ0v) is 25.3. The summed E-state index contributed by atoms with van der Waals surface area (Å²) < 4.78 is 0. The first kappa shape index (κ1) is 33.2. The summed E-state index contributed by atoms with van der Waals surface area (Å²) in [6.07, 6.45) is 45.8. The predicted octanol–water partition coefficient (Wildman–Crippen LogP) is 12.8. The van der Waals surface area contributed by atoms with E-state index in [0.29, 0.717) is 0 Å². The molecule has 1 aliphatic carbocycles. The van der Waals surface area contributed by atoms with Gasteiger partial charge in [0.1, 0.15) is 0 Å². The van der Waals surface area contributed by atoms with E-state index >= 15 is 0 Å². The molecule has 1 rings (SSSR count). The van der Waals surface area contributed by atoms with Crippen LogP contribution in [0.3, 0.4) is 0 Å². The van der Waals surface area contributed by atoms with Crippen molar-refractivity contribution in [3.8, 4) is 0 Å². The van der Waals surface area contributed by atoms with Crippen LogP contribution in [0.25, 0.3) is 0 Å². The maximum Gasteiger partial charge on any atom is -0.0199 e. The fourth-order valence-electron chi connectivity index (χ4n) is 6.26. The van der Waals surface area contributed by atoms with Gasteiger partial charge in [-0.1, -0.05) is 154 Å². The van der Waals surface area contributed by atoms with Gasteiger partial charge in [-0.05, 0) is 75.0 Å². The molecule has 0 heterocycles. The highest BCUT2D eigenvalue weighted by atomic mass is 14.4. The highest BCUT2D eigenvalue weighted by molar-refractivity contribution is 5.08. The second kappa shape index (κ2) is 24.6. The summed E-state index contributed by atoms with van der Waals surface area (Å²) in [7, 11) is 0. The average molecular weight is 499 g/mol. The van der Waals surface area contributed by atoms with Gasteiger partial charge in [0.05, 0.1) is 0 Å². The van der Waals surface area contributed by atoms with Gasteiger partial charge >= 0.3 is 0 Å². The van der Waals surface area contributed by atoms with E-state index in [1.807, 2.05) is 0 Å². The lowest BCUT2D eigenvalue weighted by Gasteiger charge is -2.40. The quantitative estimate of drug-likeness (QED) is 0.0916. The molecule has 0 nitrogen and oxygen atoms in total. The van der Waals surface area contributed by atoms with E-state index in [4.69, 9.17) is 0 Å². The van der Waals surface area contributed by atoms with Crippen molar-refractivity contribution in [2.24, 2.45) is 23.7 Å². The lowest BCUT2D eigenvalue weighted by Crippen LogP contribution is -2.31. The Balaban J connectivity index is 2.86. The van der Waals surface area contributed by atoms with Gasteiger partial charge < -0.3 is 0 Å². The highest BCUT2D eigenvalue weighted by Gasteiger charge is 2.34. The van der Waals surface area contributed by atoms with Crippen LogP contribution in [0.15, 0.2) is 36.5 Å². The molecule has 4 unspecified atom stereocenters. The van der Waals surface area contributed by atoms with E-state index in [1.54, 1.807) is 0 Å². The molecule has 0 fully saturated rings. The molecule has 0 aromatic carbocycles. The van der Waals surface area contributed by atoms with E-state index in [9.17, 15) is 0 Å². The van der Waals surface area contributed by atoms with Crippen LogP contribution in [0, 0.1) is 23.7 Å². The van der Waals surface area contributed by atoms with Gasteiger partial charge in [0.15, 0.2) is 0 Å². The van der Waals surface area contributed by atoms with Crippen LogP contribution >= 0.6 is 0 Å². The molecule has 0 heteroatoms. The number of allylic oxidation sites excluding steroid dienone is 6. The van der Waals surface area contributed by atoms with Gasteiger partial charge in [0, 0.05) is 0 Å². The van der Waals surface area contributed by atoms with Crippen molar-refractivity contribution in [1.82, 2.24) is 0 Å². The molecule has 0 saturated heterocycles. The monoisotopic (exact) mass is 499 g/mol. The highest BCUT2D eigenvalue weighted by Crippen LogP contribution is 2.43. The van der Waals surface area contributed by atoms with Crippen LogP contribution in [0.2, 0.25) is 0 Å². The minimum atomic E-state index is 0.793. The molecule has 0 amide bonds. The lowest BCUT2D eigenvalue weighted by atomic mass is 9.65. The molecule has 0 aliphatic heterocycles. The van der Waals surface area contributed by atoms with Gasteiger partial charge in [0.2, 0.25) is 0 Å². The van der Waals surface area contributed by atoms with Crippen molar-refractivity contribution in [2.75, 3.05) is 0 Å². The maximum absolute atomic E-state index is 2.69. The SMILES string of the molecule is CCCCCC=CCC1C(CCCCCC)C=CC(CCCCCCCC)C1CC=CCCCCC. The maximum atomic E-state index is 2.69. The van der Waals surface area contributed by atoms with E-state index in [1.165, 1.54) is 141 Å². The fraction of sp³-hybridized carbons (Fsp3) is 0.833. The van der Waals surface area contributed by atoms with Crippen LogP contribution < -0.4 is 0 Å². The lowest BCUT2D eigenvalue weighted by molar-refractivity contribution is 0.175. The molecule has 0 bridgehead atoms. The van der Waals surface area contributed by atoms with Crippen LogP contribution in [0.5, 0.6) is 0 Å². The molecule has 0 aromatic heterocycles. The Labute approximate surface area is 228 Å². The predicted molar refractivity (Wildman–Crippen MR) is 166 cm³/mol. The Morgan fingerprint density at radius 2 is 0.778 bits per heavy atom. The molecular formula is C36H66. The van der Waals surface area contributed by atoms with Gasteiger partial charge in [-0.15, -0.1) is 0 Å². The summed E-state index contributed by atoms with van der Waals surface area (Å²) in [5, 5.41) is 0. The molecule has 1 aliphatic rings. The van der Waals surface area contributed by atoms with Gasteiger partial charge in [-0.3, -0.25) is 0 Å². The standard InChI is InChI=1S/C36H66/c1-5-9-13-17-20-24-28-34-32-31-33(27-23-16-12-8-4)35(29-25-21-18-14-10-6-2)36(34)30-26-22-19-15-11-7-3/h21-22,25-26,31-36H,5-20,23-24,27-30H2,1-4H3. The first-order chi connectivity index (χ1) is 17.8. The van der Waals surface area contributed by atoms with Crippen LogP contribution in [-0.4, -0.2) is 0 Å². The largest absolute Gasteiger partial charge is 0.0885 e. The number of hydrogen-bond donors (Lipinski definition) is 0. The molecule has 36 heavy (non-hydrogen) atoms. The number of hydrogen-bond acceptors (Lipinski definition) is 0. The van der Waals surface area contributed by atoms with E-state index in [-0.39, 0.29) is 0 Å². The van der Waals surface area contributed by atoms with Crippen LogP contribution in [-0.2, 0) is 0 Å². The first-order valence-corrected chi connectivity index (χ1v) is 16.8. The summed E-state index contributed by atoms with van der Waals surface area (Å²) in [5.74, 6) is 3.26. The normalized spacial score (nSPS) is 22.3. The summed E-state index contributed by atoms with van der Waals surface area (Å²) >= 11 is 0. The van der Waals surface area contributed by atoms with Crippen LogP contribution in [0.1, 0.15) is 169 Å². The second-order valence-corrected chi connectivity index (χ2v) is 11.9. The molecular weight excluding hydrogens is 432 g/mol. The minimum Gasteiger partial charge on any atom is -0.0885 e. The van der Waals surface area contributed by atoms with E-state index in [0.717, 1.165) is 23.7 Å². The van der Waals surface area contributed by atoms with E-state index < -0.39 is 0 Å². The molecule has 4 atom stereocenters. The molecule has 0 radical (unpaired) electrons. The fourth-order valence-corrected chi connectivity index (χ4v) is 6.26. The average Bonchev–Trinajstić information content (AvgIpc) is 2.89. The zero-order valence-electron chi connectivity index (χ0n) is 25.3. The molecule has 0 spiro atoms. The van der Waals surface area contributed by atoms with Crippen molar-refractivity contribution >= 4 is 0 Å². The molecule has 0 aromatic rings. The van der Waals surface area contributed by atoms with Crippen molar-refractivity contribution < 1.29 is 0 Å². The third-order valence-corrected chi connectivity index (χ3v) is 8.64. The van der Waals surface area contributed by atoms with Gasteiger partial charge in [-0.2, -0.15) is 0 Å². The second-order valence-electron chi connectivity index (χ2n) is 11.9. The van der Waals surface area contributed by atoms with Gasteiger partial charge in [-0.25, -0.2) is 0 Å². The molecule has 0 N–H and O–H groups in total. The van der Waals surface area contributed by atoms with Gasteiger partial charge in [0.25, 0.3) is 0 Å². The Morgan fingerprint density at radius 3 is 1.22 bits per heavy atom. The molecule has 210 valence electrons. The van der Waals surface area contributed by atoms with Crippen molar-refractivity contribution in [3.05, 3.63) is 36.5 Å². The van der Waals surface area contributed by atoms with Crippen molar-refractivity contribution in [2.45, 2.75) is 169 Å². The summed E-state index contributed by atoms with van der Waals surface area (Å²) in [6.45, 7) is 9.28. The smallest absolute Gasteiger partial charge is 0.0199 e. The number of rotatable bonds is 24. The summed E-state index contributed by atoms with van der Waals surface area (Å²) in [5.41, 5.74) is 0. The Morgan fingerprint density at radius 1 is 0.417 bits per heavy atom. The Bertz CT molecular complexity index is 538. The Kier molecular flexibility index (Phi) is 22.7. The topological polar surface area (TPSA) is 0 Å². The third kappa shape index (κ3) is 16.1. The first-order valence-electron chi connectivity index (χ1n) is 16.8. The molecule has 0 saturated carbocycles. The zero-order chi connectivity index (χ0) is 26.1. The third-order valence-electron chi connectivity index (χ3n) is 8.64. The Hall–Kier alpha value is -0.780. The minimum absolute atomic E-state index is 0.793. The van der Waals surface area contributed by atoms with E-state index in [2.05, 4.69) is 64.2 Å².